The Balaban J connectivity index is 1.46. The molecule has 1 aliphatic rings. The van der Waals surface area contributed by atoms with E-state index in [1.807, 2.05) is 0 Å². The highest BCUT2D eigenvalue weighted by molar-refractivity contribution is 7.85. The fourth-order valence-electron chi connectivity index (χ4n) is 6.85. The molecule has 2 unspecified atom stereocenters. The van der Waals surface area contributed by atoms with Crippen LogP contribution in [0.1, 0.15) is 97.0 Å². The summed E-state index contributed by atoms with van der Waals surface area (Å²) in [5, 5.41) is 15.3. The Morgan fingerprint density at radius 2 is 1.41 bits per heavy atom. The molecule has 1 saturated carbocycles. The number of alkyl halides is 9. The first-order valence-electron chi connectivity index (χ1n) is 17.7. The number of carbonyl (C=O) groups is 1. The number of rotatable bonds is 13. The smallest absolute Gasteiger partial charge is 0.416 e. The van der Waals surface area contributed by atoms with Gasteiger partial charge in [0.25, 0.3) is 0 Å². The average Bonchev–Trinajstić information content (AvgIpc) is 3.14. The molecular formula is C39H39F9N4O3S. The number of anilines is 1. The normalized spacial score (nSPS) is 18.3. The molecule has 1 heterocycles. The summed E-state index contributed by atoms with van der Waals surface area (Å²) in [5.41, 5.74) is -3.85. The van der Waals surface area contributed by atoms with Crippen molar-refractivity contribution in [3.05, 3.63) is 112 Å². The van der Waals surface area contributed by atoms with E-state index in [1.54, 1.807) is 25.1 Å². The van der Waals surface area contributed by atoms with E-state index in [0.717, 1.165) is 44.0 Å². The van der Waals surface area contributed by atoms with Gasteiger partial charge in [0.05, 0.1) is 38.1 Å². The van der Waals surface area contributed by atoms with Gasteiger partial charge >= 0.3 is 24.5 Å². The number of carboxylic acids is 1. The fourth-order valence-corrected chi connectivity index (χ4v) is 8.07. The molecule has 1 aliphatic carbocycles. The first kappa shape index (κ1) is 42.6. The molecule has 3 N–H and O–H groups in total. The van der Waals surface area contributed by atoms with Crippen molar-refractivity contribution in [2.45, 2.75) is 92.8 Å². The number of aromatic nitrogens is 2. The largest absolute Gasteiger partial charge is 0.481 e. The summed E-state index contributed by atoms with van der Waals surface area (Å²) in [5.74, 6) is -2.00. The van der Waals surface area contributed by atoms with Gasteiger partial charge in [-0.25, -0.2) is 14.2 Å². The van der Waals surface area contributed by atoms with Crippen molar-refractivity contribution in [2.75, 3.05) is 11.9 Å². The molecular weight excluding hydrogens is 776 g/mol. The van der Waals surface area contributed by atoms with Gasteiger partial charge in [0.2, 0.25) is 5.95 Å². The zero-order valence-electron chi connectivity index (χ0n) is 30.2. The Morgan fingerprint density at radius 1 is 0.821 bits per heavy atom. The van der Waals surface area contributed by atoms with Gasteiger partial charge in [-0.15, -0.1) is 0 Å². The summed E-state index contributed by atoms with van der Waals surface area (Å²) >= 11 is 0. The maximum absolute atomic E-state index is 13.9. The number of nitrogens with zero attached hydrogens (tertiary/aromatic N) is 2. The molecule has 17 heteroatoms. The molecule has 0 radical (unpaired) electrons. The molecule has 0 bridgehead atoms. The summed E-state index contributed by atoms with van der Waals surface area (Å²) in [6, 6.07) is 11.8. The molecule has 0 saturated heterocycles. The predicted molar refractivity (Wildman–Crippen MR) is 190 cm³/mol. The second-order valence-corrected chi connectivity index (χ2v) is 15.4. The predicted octanol–water partition coefficient (Wildman–Crippen LogP) is 10.4. The van der Waals surface area contributed by atoms with Crippen molar-refractivity contribution in [3.63, 3.8) is 0 Å². The van der Waals surface area contributed by atoms with Gasteiger partial charge in [0, 0.05) is 36.0 Å². The van der Waals surface area contributed by atoms with Crippen LogP contribution in [0.25, 0.3) is 0 Å². The number of aliphatic carboxylic acids is 1. The monoisotopic (exact) mass is 814 g/mol. The van der Waals surface area contributed by atoms with Crippen molar-refractivity contribution >= 4 is 22.7 Å². The highest BCUT2D eigenvalue weighted by atomic mass is 32.2. The molecule has 1 fully saturated rings. The molecule has 1 aromatic heterocycles. The molecule has 302 valence electrons. The lowest BCUT2D eigenvalue weighted by molar-refractivity contribution is -0.143. The average molecular weight is 815 g/mol. The van der Waals surface area contributed by atoms with Crippen molar-refractivity contribution < 1.29 is 53.6 Å². The standard InChI is InChI=1S/C39H39F9N4O3S/c1-22(26-15-29(38(43,44)45)18-30(16-26)39(46,47)48)35-33(56(55)31-6-4-3-5-7-31)21-51-36(52-35)50-20-27-17-28(37(40,41)42)12-13-32(27)23(2)49-19-25-10-8-24(9-11-25)14-34(53)54/h3-7,12-13,15-18,21-25,49H,8-11,14,19-20H2,1-2H3,(H,53,54)(H,50,51,52)/t22-,23?,24?,25?,56?/m0/s1. The van der Waals surface area contributed by atoms with E-state index < -0.39 is 69.5 Å². The molecule has 7 nitrogen and oxygen atoms in total. The van der Waals surface area contributed by atoms with Crippen molar-refractivity contribution in [1.29, 1.82) is 0 Å². The molecule has 5 rings (SSSR count). The van der Waals surface area contributed by atoms with Crippen molar-refractivity contribution in [2.24, 2.45) is 11.8 Å². The van der Waals surface area contributed by atoms with E-state index in [0.29, 0.717) is 24.2 Å². The molecule has 3 atom stereocenters. The second kappa shape index (κ2) is 17.3. The van der Waals surface area contributed by atoms with Crippen LogP contribution in [0.2, 0.25) is 0 Å². The molecule has 0 spiro atoms. The quantitative estimate of drug-likeness (QED) is 0.116. The van der Waals surface area contributed by atoms with Gasteiger partial charge in [-0.2, -0.15) is 39.5 Å². The van der Waals surface area contributed by atoms with Crippen LogP contribution in [-0.2, 0) is 40.7 Å². The van der Waals surface area contributed by atoms with Crippen LogP contribution in [0, 0.1) is 11.8 Å². The Morgan fingerprint density at radius 3 is 1.98 bits per heavy atom. The third kappa shape index (κ3) is 10.9. The second-order valence-electron chi connectivity index (χ2n) is 14.0. The maximum Gasteiger partial charge on any atom is 0.416 e. The molecule has 0 amide bonds. The van der Waals surface area contributed by atoms with Crippen LogP contribution in [0.5, 0.6) is 0 Å². The van der Waals surface area contributed by atoms with E-state index in [2.05, 4.69) is 20.6 Å². The van der Waals surface area contributed by atoms with Gasteiger partial charge in [0.1, 0.15) is 0 Å². The fraction of sp³-hybridized carbons (Fsp3) is 0.410. The summed E-state index contributed by atoms with van der Waals surface area (Å²) < 4.78 is 138. The molecule has 4 aromatic rings. The third-order valence-electron chi connectivity index (χ3n) is 9.98. The molecule has 56 heavy (non-hydrogen) atoms. The lowest BCUT2D eigenvalue weighted by Crippen LogP contribution is -2.29. The molecule has 0 aliphatic heterocycles. The lowest BCUT2D eigenvalue weighted by atomic mass is 9.80. The maximum atomic E-state index is 13.9. The minimum Gasteiger partial charge on any atom is -0.481 e. The Hall–Kier alpha value is -4.51. The summed E-state index contributed by atoms with van der Waals surface area (Å²) in [4.78, 5) is 19.9. The SMILES string of the molecule is CC(NCC1CCC(CC(=O)O)CC1)c1ccc(C(F)(F)F)cc1CNc1ncc(S(=O)c2ccccc2)c([C@@H](C)c2cc(C(F)(F)F)cc(C(F)(F)F)c2)n1. The summed E-state index contributed by atoms with van der Waals surface area (Å²) in [6.07, 6.45) is -10.6. The van der Waals surface area contributed by atoms with Crippen LogP contribution < -0.4 is 10.6 Å². The Kier molecular flexibility index (Phi) is 13.2. The van der Waals surface area contributed by atoms with Crippen molar-refractivity contribution in [1.82, 2.24) is 15.3 Å². The van der Waals surface area contributed by atoms with E-state index in [-0.39, 0.29) is 57.9 Å². The third-order valence-corrected chi connectivity index (χ3v) is 11.4. The first-order chi connectivity index (χ1) is 26.2. The van der Waals surface area contributed by atoms with E-state index in [9.17, 15) is 48.5 Å². The number of halogens is 9. The number of benzene rings is 3. The Bertz CT molecular complexity index is 1980. The number of hydrogen-bond donors (Lipinski definition) is 3. The minimum atomic E-state index is -5.13. The summed E-state index contributed by atoms with van der Waals surface area (Å²) in [6.45, 7) is 3.38. The molecule has 3 aromatic carbocycles. The zero-order valence-corrected chi connectivity index (χ0v) is 31.0. The van der Waals surface area contributed by atoms with Crippen LogP contribution >= 0.6 is 0 Å². The van der Waals surface area contributed by atoms with Crippen molar-refractivity contribution in [3.8, 4) is 0 Å². The van der Waals surface area contributed by atoms with Gasteiger partial charge < -0.3 is 15.7 Å². The number of carboxylic acid groups (broad SMARTS) is 1. The number of nitrogens with one attached hydrogen (secondary N) is 2. The van der Waals surface area contributed by atoms with E-state index in [1.165, 1.54) is 25.1 Å². The van der Waals surface area contributed by atoms with Crippen LogP contribution in [0.4, 0.5) is 45.5 Å². The zero-order chi connectivity index (χ0) is 41.0. The van der Waals surface area contributed by atoms with E-state index in [4.69, 9.17) is 5.11 Å². The van der Waals surface area contributed by atoms with Gasteiger partial charge in [-0.1, -0.05) is 31.2 Å². The first-order valence-corrected chi connectivity index (χ1v) is 18.9. The highest BCUT2D eigenvalue weighted by Gasteiger charge is 2.38. The van der Waals surface area contributed by atoms with Gasteiger partial charge in [-0.05, 0) is 110 Å². The Labute approximate surface area is 319 Å². The van der Waals surface area contributed by atoms with E-state index >= 15 is 0 Å². The van der Waals surface area contributed by atoms with Gasteiger partial charge in [0.15, 0.2) is 0 Å². The van der Waals surface area contributed by atoms with Crippen LogP contribution in [-0.4, -0.2) is 31.8 Å². The highest BCUT2D eigenvalue weighted by Crippen LogP contribution is 2.40. The topological polar surface area (TPSA) is 104 Å². The number of hydrogen-bond acceptors (Lipinski definition) is 6. The van der Waals surface area contributed by atoms with Crippen LogP contribution in [0.15, 0.2) is 82.7 Å². The van der Waals surface area contributed by atoms with Gasteiger partial charge in [-0.3, -0.25) is 4.79 Å². The summed E-state index contributed by atoms with van der Waals surface area (Å²) in [7, 11) is -2.03. The minimum absolute atomic E-state index is 0.00161. The lowest BCUT2D eigenvalue weighted by Gasteiger charge is -2.29. The van der Waals surface area contributed by atoms with Crippen LogP contribution in [0.3, 0.4) is 0 Å².